The summed E-state index contributed by atoms with van der Waals surface area (Å²) in [5.41, 5.74) is -0.723. The van der Waals surface area contributed by atoms with Crippen LogP contribution >= 0.6 is 0 Å². The van der Waals surface area contributed by atoms with E-state index in [1.54, 1.807) is 13.8 Å². The molecule has 2 rings (SSSR count). The second-order valence-electron chi connectivity index (χ2n) is 4.48. The molecule has 1 aromatic carbocycles. The molecule has 4 nitrogen and oxygen atoms in total. The Morgan fingerprint density at radius 2 is 1.80 bits per heavy atom. The molecule has 106 valence electrons. The van der Waals surface area contributed by atoms with Crippen molar-refractivity contribution in [1.29, 1.82) is 0 Å². The van der Waals surface area contributed by atoms with E-state index in [1.165, 1.54) is 0 Å². The number of carboxylic acids is 1. The predicted octanol–water partition coefficient (Wildman–Crippen LogP) is 3.58. The fourth-order valence-electron chi connectivity index (χ4n) is 1.79. The Labute approximate surface area is 111 Å². The normalized spacial score (nSPS) is 11.1. The third kappa shape index (κ3) is 2.26. The summed E-state index contributed by atoms with van der Waals surface area (Å²) in [7, 11) is 0. The van der Waals surface area contributed by atoms with Crippen molar-refractivity contribution in [2.45, 2.75) is 19.8 Å². The fraction of sp³-hybridized carbons (Fsp3) is 0.231. The van der Waals surface area contributed by atoms with Crippen LogP contribution in [0.5, 0.6) is 0 Å². The van der Waals surface area contributed by atoms with Crippen LogP contribution in [0.15, 0.2) is 16.7 Å². The first-order valence-electron chi connectivity index (χ1n) is 5.70. The maximum Gasteiger partial charge on any atom is 0.341 e. The Morgan fingerprint density at radius 3 is 2.25 bits per heavy atom. The van der Waals surface area contributed by atoms with Crippen LogP contribution < -0.4 is 0 Å². The van der Waals surface area contributed by atoms with E-state index < -0.39 is 23.4 Å². The third-order valence-electron chi connectivity index (χ3n) is 2.71. The van der Waals surface area contributed by atoms with E-state index in [0.29, 0.717) is 12.1 Å². The molecule has 20 heavy (non-hydrogen) atoms. The van der Waals surface area contributed by atoms with Gasteiger partial charge in [0.25, 0.3) is 0 Å². The van der Waals surface area contributed by atoms with Gasteiger partial charge < -0.3 is 9.63 Å². The van der Waals surface area contributed by atoms with Crippen LogP contribution in [0.1, 0.15) is 35.9 Å². The molecular weight excluding hydrogens is 275 g/mol. The Morgan fingerprint density at radius 1 is 1.25 bits per heavy atom. The monoisotopic (exact) mass is 285 g/mol. The SMILES string of the molecule is CC(C)c1onc(-c2cc(F)c(F)c(F)c2)c1C(=O)O. The highest BCUT2D eigenvalue weighted by Crippen LogP contribution is 2.31. The Balaban J connectivity index is 2.67. The molecule has 2 aromatic rings. The lowest BCUT2D eigenvalue weighted by atomic mass is 10.0. The molecule has 0 unspecified atom stereocenters. The number of rotatable bonds is 3. The lowest BCUT2D eigenvalue weighted by Gasteiger charge is -2.03. The standard InChI is InChI=1S/C13H10F3NO3/c1-5(2)12-9(13(18)19)11(17-20-12)6-3-7(14)10(16)8(15)4-6/h3-5H,1-2H3,(H,18,19). The number of benzene rings is 1. The van der Waals surface area contributed by atoms with Gasteiger partial charge in [0, 0.05) is 11.5 Å². The van der Waals surface area contributed by atoms with Crippen molar-refractivity contribution in [3.05, 3.63) is 40.9 Å². The van der Waals surface area contributed by atoms with E-state index >= 15 is 0 Å². The molecule has 7 heteroatoms. The molecule has 0 saturated heterocycles. The quantitative estimate of drug-likeness (QED) is 0.875. The fourth-order valence-corrected chi connectivity index (χ4v) is 1.79. The molecule has 0 aliphatic heterocycles. The van der Waals surface area contributed by atoms with Crippen LogP contribution in [0.3, 0.4) is 0 Å². The van der Waals surface area contributed by atoms with E-state index in [4.69, 9.17) is 4.52 Å². The lowest BCUT2D eigenvalue weighted by Crippen LogP contribution is -2.03. The molecule has 0 radical (unpaired) electrons. The summed E-state index contributed by atoms with van der Waals surface area (Å²) in [5.74, 6) is -6.01. The number of hydrogen-bond acceptors (Lipinski definition) is 3. The molecule has 0 aliphatic rings. The van der Waals surface area contributed by atoms with Crippen molar-refractivity contribution in [2.24, 2.45) is 0 Å². The van der Waals surface area contributed by atoms with Crippen LogP contribution in [0, 0.1) is 17.5 Å². The lowest BCUT2D eigenvalue weighted by molar-refractivity contribution is 0.0694. The molecule has 0 fully saturated rings. The average Bonchev–Trinajstić information content (AvgIpc) is 2.80. The van der Waals surface area contributed by atoms with E-state index in [0.717, 1.165) is 0 Å². The third-order valence-corrected chi connectivity index (χ3v) is 2.71. The van der Waals surface area contributed by atoms with Gasteiger partial charge in [0.05, 0.1) is 0 Å². The largest absolute Gasteiger partial charge is 0.477 e. The van der Waals surface area contributed by atoms with Crippen molar-refractivity contribution in [2.75, 3.05) is 0 Å². The second-order valence-corrected chi connectivity index (χ2v) is 4.48. The summed E-state index contributed by atoms with van der Waals surface area (Å²) in [5, 5.41) is 12.7. The maximum absolute atomic E-state index is 13.2. The van der Waals surface area contributed by atoms with Crippen molar-refractivity contribution < 1.29 is 27.6 Å². The zero-order chi connectivity index (χ0) is 15.0. The molecular formula is C13H10F3NO3. The molecule has 0 amide bonds. The van der Waals surface area contributed by atoms with Gasteiger partial charge in [0.15, 0.2) is 23.2 Å². The minimum absolute atomic E-state index is 0.0811. The van der Waals surface area contributed by atoms with E-state index in [-0.39, 0.29) is 28.5 Å². The van der Waals surface area contributed by atoms with Crippen molar-refractivity contribution in [3.8, 4) is 11.3 Å². The van der Waals surface area contributed by atoms with Crippen LogP contribution in [-0.2, 0) is 0 Å². The van der Waals surface area contributed by atoms with Gasteiger partial charge in [-0.3, -0.25) is 0 Å². The zero-order valence-electron chi connectivity index (χ0n) is 10.6. The van der Waals surface area contributed by atoms with Crippen LogP contribution in [0.4, 0.5) is 13.2 Å². The number of aromatic nitrogens is 1. The zero-order valence-corrected chi connectivity index (χ0v) is 10.6. The van der Waals surface area contributed by atoms with Gasteiger partial charge in [-0.2, -0.15) is 0 Å². The van der Waals surface area contributed by atoms with Gasteiger partial charge in [-0.05, 0) is 12.1 Å². The molecule has 1 N–H and O–H groups in total. The molecule has 0 saturated carbocycles. The number of halogens is 3. The Kier molecular flexibility index (Phi) is 3.52. The van der Waals surface area contributed by atoms with Gasteiger partial charge in [0.2, 0.25) is 0 Å². The van der Waals surface area contributed by atoms with Crippen molar-refractivity contribution in [1.82, 2.24) is 5.16 Å². The summed E-state index contributed by atoms with van der Waals surface area (Å²) >= 11 is 0. The summed E-state index contributed by atoms with van der Waals surface area (Å²) in [6.07, 6.45) is 0. The second kappa shape index (κ2) is 4.99. The first-order valence-corrected chi connectivity index (χ1v) is 5.70. The van der Waals surface area contributed by atoms with E-state index in [2.05, 4.69) is 5.16 Å². The van der Waals surface area contributed by atoms with Gasteiger partial charge in [-0.25, -0.2) is 18.0 Å². The van der Waals surface area contributed by atoms with Gasteiger partial charge >= 0.3 is 5.97 Å². The number of hydrogen-bond donors (Lipinski definition) is 1. The van der Waals surface area contributed by atoms with Crippen molar-refractivity contribution in [3.63, 3.8) is 0 Å². The minimum atomic E-state index is -1.63. The summed E-state index contributed by atoms with van der Waals surface area (Å²) < 4.78 is 44.2. The van der Waals surface area contributed by atoms with E-state index in [9.17, 15) is 23.1 Å². The van der Waals surface area contributed by atoms with Crippen LogP contribution in [0.25, 0.3) is 11.3 Å². The molecule has 1 heterocycles. The highest BCUT2D eigenvalue weighted by Gasteiger charge is 2.26. The highest BCUT2D eigenvalue weighted by atomic mass is 19.2. The average molecular weight is 285 g/mol. The van der Waals surface area contributed by atoms with Gasteiger partial charge in [-0.1, -0.05) is 19.0 Å². The topological polar surface area (TPSA) is 63.3 Å². The van der Waals surface area contributed by atoms with E-state index in [1.807, 2.05) is 0 Å². The smallest absolute Gasteiger partial charge is 0.341 e. The number of nitrogens with zero attached hydrogens (tertiary/aromatic N) is 1. The van der Waals surface area contributed by atoms with Gasteiger partial charge in [0.1, 0.15) is 11.3 Å². The summed E-state index contributed by atoms with van der Waals surface area (Å²) in [6.45, 7) is 3.37. The number of carbonyl (C=O) groups is 1. The van der Waals surface area contributed by atoms with Crippen LogP contribution in [-0.4, -0.2) is 16.2 Å². The Hall–Kier alpha value is -2.31. The number of aromatic carboxylic acids is 1. The molecule has 1 aromatic heterocycles. The Bertz CT molecular complexity index is 656. The minimum Gasteiger partial charge on any atom is -0.477 e. The molecule has 0 bridgehead atoms. The molecule has 0 spiro atoms. The predicted molar refractivity (Wildman–Crippen MR) is 62.9 cm³/mol. The molecule has 0 aliphatic carbocycles. The maximum atomic E-state index is 13.2. The first kappa shape index (κ1) is 14.1. The summed E-state index contributed by atoms with van der Waals surface area (Å²) in [4.78, 5) is 11.3. The van der Waals surface area contributed by atoms with Crippen molar-refractivity contribution >= 4 is 5.97 Å². The molecule has 0 atom stereocenters. The van der Waals surface area contributed by atoms with Crippen LogP contribution in [0.2, 0.25) is 0 Å². The highest BCUT2D eigenvalue weighted by molar-refractivity contribution is 5.96. The first-order chi connectivity index (χ1) is 9.32. The van der Waals surface area contributed by atoms with Gasteiger partial charge in [-0.15, -0.1) is 0 Å². The summed E-state index contributed by atoms with van der Waals surface area (Å²) in [6, 6.07) is 1.35. The number of carboxylic acid groups (broad SMARTS) is 1.